The van der Waals surface area contributed by atoms with Crippen molar-refractivity contribution in [1.29, 1.82) is 0 Å². The van der Waals surface area contributed by atoms with E-state index < -0.39 is 0 Å². The fraction of sp³-hybridized carbons (Fsp3) is 0.167. The van der Waals surface area contributed by atoms with Crippen LogP contribution in [0.15, 0.2) is 36.8 Å². The van der Waals surface area contributed by atoms with E-state index in [4.69, 9.17) is 5.84 Å². The lowest BCUT2D eigenvalue weighted by Gasteiger charge is -2.15. The molecule has 0 fully saturated rings. The molecule has 98 valence electrons. The van der Waals surface area contributed by atoms with Crippen molar-refractivity contribution in [3.8, 4) is 0 Å². The minimum absolute atomic E-state index is 0.221. The van der Waals surface area contributed by atoms with Crippen LogP contribution in [0.2, 0.25) is 0 Å². The molecule has 0 radical (unpaired) electrons. The van der Waals surface area contributed by atoms with Crippen LogP contribution in [0.1, 0.15) is 16.2 Å². The molecular weight excluding hydrogens is 244 g/mol. The fourth-order valence-electron chi connectivity index (χ4n) is 1.52. The van der Waals surface area contributed by atoms with Gasteiger partial charge < -0.3 is 10.3 Å². The summed E-state index contributed by atoms with van der Waals surface area (Å²) in [5.74, 6) is 5.37. The number of hydrogen-bond acceptors (Lipinski definition) is 6. The number of carbonyl (C=O) groups is 1. The molecule has 0 spiro atoms. The van der Waals surface area contributed by atoms with Gasteiger partial charge in [0.05, 0.1) is 24.6 Å². The van der Waals surface area contributed by atoms with Gasteiger partial charge >= 0.3 is 0 Å². The average molecular weight is 258 g/mol. The van der Waals surface area contributed by atoms with Gasteiger partial charge in [-0.25, -0.2) is 15.8 Å². The van der Waals surface area contributed by atoms with Gasteiger partial charge in [-0.3, -0.25) is 9.78 Å². The van der Waals surface area contributed by atoms with Crippen molar-refractivity contribution < 1.29 is 4.79 Å². The first-order valence-corrected chi connectivity index (χ1v) is 5.64. The van der Waals surface area contributed by atoms with Crippen molar-refractivity contribution in [2.45, 2.75) is 6.54 Å². The molecule has 0 aliphatic rings. The highest BCUT2D eigenvalue weighted by atomic mass is 16.2. The first-order chi connectivity index (χ1) is 9.20. The van der Waals surface area contributed by atoms with E-state index >= 15 is 0 Å². The maximum atomic E-state index is 12.1. The number of nitrogens with one attached hydrogen (secondary N) is 1. The van der Waals surface area contributed by atoms with Gasteiger partial charge in [-0.2, -0.15) is 0 Å². The maximum absolute atomic E-state index is 12.1. The highest BCUT2D eigenvalue weighted by molar-refractivity contribution is 5.91. The van der Waals surface area contributed by atoms with Crippen molar-refractivity contribution in [3.05, 3.63) is 48.2 Å². The molecule has 2 aromatic heterocycles. The maximum Gasteiger partial charge on any atom is 0.274 e. The Hall–Kier alpha value is -2.54. The van der Waals surface area contributed by atoms with Crippen molar-refractivity contribution in [1.82, 2.24) is 19.9 Å². The van der Waals surface area contributed by atoms with Crippen LogP contribution in [-0.2, 0) is 6.54 Å². The SMILES string of the molecule is CN(Cc1ccccn1)C(=O)c1cnc(NN)cn1. The Morgan fingerprint density at radius 2 is 2.16 bits per heavy atom. The predicted octanol–water partition coefficient (Wildman–Crippen LogP) is 0.429. The zero-order chi connectivity index (χ0) is 13.7. The van der Waals surface area contributed by atoms with Crippen LogP contribution < -0.4 is 11.3 Å². The van der Waals surface area contributed by atoms with Gasteiger partial charge in [-0.15, -0.1) is 0 Å². The van der Waals surface area contributed by atoms with E-state index in [1.54, 1.807) is 13.2 Å². The quantitative estimate of drug-likeness (QED) is 0.609. The standard InChI is InChI=1S/C12H14N6O/c1-18(8-9-4-2-3-5-14-9)12(19)10-6-16-11(17-13)7-15-10/h2-7H,8,13H2,1H3,(H,16,17). The highest BCUT2D eigenvalue weighted by Crippen LogP contribution is 2.05. The van der Waals surface area contributed by atoms with Crippen molar-refractivity contribution in [3.63, 3.8) is 0 Å². The van der Waals surface area contributed by atoms with Gasteiger partial charge in [0.1, 0.15) is 5.69 Å². The predicted molar refractivity (Wildman–Crippen MR) is 69.9 cm³/mol. The Kier molecular flexibility index (Phi) is 3.99. The van der Waals surface area contributed by atoms with Crippen LogP contribution in [0, 0.1) is 0 Å². The number of amides is 1. The van der Waals surface area contributed by atoms with Crippen molar-refractivity contribution >= 4 is 11.7 Å². The summed E-state index contributed by atoms with van der Waals surface area (Å²) < 4.78 is 0. The van der Waals surface area contributed by atoms with Gasteiger partial charge in [0.2, 0.25) is 0 Å². The summed E-state index contributed by atoms with van der Waals surface area (Å²) in [5.41, 5.74) is 3.43. The van der Waals surface area contributed by atoms with Gasteiger partial charge in [-0.05, 0) is 12.1 Å². The number of hydrogen-bond donors (Lipinski definition) is 2. The number of aromatic nitrogens is 3. The van der Waals surface area contributed by atoms with Crippen LogP contribution in [-0.4, -0.2) is 32.8 Å². The van der Waals surface area contributed by atoms with Gasteiger partial charge in [-0.1, -0.05) is 6.07 Å². The molecule has 1 amide bonds. The van der Waals surface area contributed by atoms with Crippen LogP contribution in [0.3, 0.4) is 0 Å². The largest absolute Gasteiger partial charge is 0.334 e. The molecule has 2 heterocycles. The Morgan fingerprint density at radius 3 is 2.74 bits per heavy atom. The smallest absolute Gasteiger partial charge is 0.274 e. The number of nitrogen functional groups attached to an aromatic ring is 1. The van der Waals surface area contributed by atoms with E-state index in [0.717, 1.165) is 5.69 Å². The Labute approximate surface area is 110 Å². The molecule has 0 bridgehead atoms. The van der Waals surface area contributed by atoms with E-state index in [-0.39, 0.29) is 11.6 Å². The third kappa shape index (κ3) is 3.23. The van der Waals surface area contributed by atoms with E-state index in [9.17, 15) is 4.79 Å². The topological polar surface area (TPSA) is 97.0 Å². The molecule has 0 unspecified atom stereocenters. The molecule has 7 nitrogen and oxygen atoms in total. The van der Waals surface area contributed by atoms with Gasteiger partial charge in [0.25, 0.3) is 5.91 Å². The highest BCUT2D eigenvalue weighted by Gasteiger charge is 2.14. The zero-order valence-electron chi connectivity index (χ0n) is 10.4. The first-order valence-electron chi connectivity index (χ1n) is 5.64. The molecule has 0 atom stereocenters. The minimum atomic E-state index is -0.221. The number of anilines is 1. The second-order valence-corrected chi connectivity index (χ2v) is 3.91. The molecule has 2 rings (SSSR count). The molecular formula is C12H14N6O. The molecule has 0 saturated heterocycles. The monoisotopic (exact) mass is 258 g/mol. The number of rotatable bonds is 4. The number of pyridine rings is 1. The molecule has 0 aliphatic carbocycles. The summed E-state index contributed by atoms with van der Waals surface area (Å²) in [6.07, 6.45) is 4.48. The number of nitrogens with zero attached hydrogens (tertiary/aromatic N) is 4. The first kappa shape index (κ1) is 12.9. The summed E-state index contributed by atoms with van der Waals surface area (Å²) in [4.78, 5) is 25.7. The van der Waals surface area contributed by atoms with Crippen molar-refractivity contribution in [2.75, 3.05) is 12.5 Å². The zero-order valence-corrected chi connectivity index (χ0v) is 10.4. The minimum Gasteiger partial charge on any atom is -0.334 e. The van der Waals surface area contributed by atoms with Crippen LogP contribution in [0.5, 0.6) is 0 Å². The molecule has 0 aromatic carbocycles. The molecule has 0 saturated carbocycles. The third-order valence-corrected chi connectivity index (χ3v) is 2.49. The van der Waals surface area contributed by atoms with Crippen LogP contribution in [0.4, 0.5) is 5.82 Å². The third-order valence-electron chi connectivity index (χ3n) is 2.49. The summed E-state index contributed by atoms with van der Waals surface area (Å²) in [6.45, 7) is 0.415. The lowest BCUT2D eigenvalue weighted by atomic mass is 10.3. The molecule has 19 heavy (non-hydrogen) atoms. The second kappa shape index (κ2) is 5.87. The van der Waals surface area contributed by atoms with E-state index in [1.165, 1.54) is 17.3 Å². The van der Waals surface area contributed by atoms with Gasteiger partial charge in [0, 0.05) is 13.2 Å². The van der Waals surface area contributed by atoms with Gasteiger partial charge in [0.15, 0.2) is 5.82 Å². The molecule has 2 aromatic rings. The van der Waals surface area contributed by atoms with Crippen molar-refractivity contribution in [2.24, 2.45) is 5.84 Å². The summed E-state index contributed by atoms with van der Waals surface area (Å²) in [5, 5.41) is 0. The fourth-order valence-corrected chi connectivity index (χ4v) is 1.52. The molecule has 0 aliphatic heterocycles. The number of hydrazine groups is 1. The Bertz CT molecular complexity index is 542. The number of nitrogens with two attached hydrogens (primary N) is 1. The Morgan fingerprint density at radius 1 is 1.32 bits per heavy atom. The van der Waals surface area contributed by atoms with E-state index in [0.29, 0.717) is 12.4 Å². The van der Waals surface area contributed by atoms with E-state index in [1.807, 2.05) is 18.2 Å². The van der Waals surface area contributed by atoms with Crippen LogP contribution in [0.25, 0.3) is 0 Å². The lowest BCUT2D eigenvalue weighted by molar-refractivity contribution is 0.0777. The summed E-state index contributed by atoms with van der Waals surface area (Å²) in [6, 6.07) is 5.56. The second-order valence-electron chi connectivity index (χ2n) is 3.91. The number of carbonyl (C=O) groups excluding carboxylic acids is 1. The average Bonchev–Trinajstić information content (AvgIpc) is 2.47. The normalized spacial score (nSPS) is 10.0. The molecule has 3 N–H and O–H groups in total. The molecule has 7 heteroatoms. The summed E-state index contributed by atoms with van der Waals surface area (Å²) >= 11 is 0. The summed E-state index contributed by atoms with van der Waals surface area (Å²) in [7, 11) is 1.69. The Balaban J connectivity index is 2.06. The lowest BCUT2D eigenvalue weighted by Crippen LogP contribution is -2.27. The van der Waals surface area contributed by atoms with E-state index in [2.05, 4.69) is 20.4 Å². The van der Waals surface area contributed by atoms with Crippen LogP contribution >= 0.6 is 0 Å².